The summed E-state index contributed by atoms with van der Waals surface area (Å²) in [6.07, 6.45) is 1.02. The highest BCUT2D eigenvalue weighted by Crippen LogP contribution is 2.38. The minimum atomic E-state index is -0.111. The Kier molecular flexibility index (Phi) is 5.71. The number of fused-ring (bicyclic) bond motifs is 1. The van der Waals surface area contributed by atoms with Gasteiger partial charge in [-0.15, -0.1) is 0 Å². The molecule has 0 saturated heterocycles. The summed E-state index contributed by atoms with van der Waals surface area (Å²) in [5.74, 6) is 1.06. The summed E-state index contributed by atoms with van der Waals surface area (Å²) in [5.41, 5.74) is 1.78. The molecule has 0 spiro atoms. The van der Waals surface area contributed by atoms with Crippen LogP contribution >= 0.6 is 23.2 Å². The van der Waals surface area contributed by atoms with Crippen LogP contribution in [0.5, 0.6) is 11.5 Å². The fourth-order valence-corrected chi connectivity index (χ4v) is 3.11. The number of benzene rings is 2. The summed E-state index contributed by atoms with van der Waals surface area (Å²) in [7, 11) is 0. The van der Waals surface area contributed by atoms with Gasteiger partial charge in [-0.1, -0.05) is 35.3 Å². The number of carbonyl (C=O) groups excluding carboxylic acids is 1. The van der Waals surface area contributed by atoms with Crippen molar-refractivity contribution in [3.63, 3.8) is 0 Å². The minimum Gasteiger partial charge on any atom is -0.489 e. The standard InChI is InChI=1S/C19H19Cl2NO3/c1-12(14-3-5-15(20)6-4-14)22-18(23)11-13-9-16(21)19-17(10-13)24-7-2-8-25-19/h3-6,9-10,12H,2,7-8,11H2,1H3,(H,22,23). The van der Waals surface area contributed by atoms with Crippen molar-refractivity contribution in [3.05, 3.63) is 57.6 Å². The molecule has 0 aromatic heterocycles. The molecule has 1 atom stereocenters. The molecule has 0 bridgehead atoms. The smallest absolute Gasteiger partial charge is 0.224 e. The van der Waals surface area contributed by atoms with E-state index in [-0.39, 0.29) is 18.4 Å². The summed E-state index contributed by atoms with van der Waals surface area (Å²) in [6.45, 7) is 3.08. The lowest BCUT2D eigenvalue weighted by atomic mass is 10.1. The molecule has 4 nitrogen and oxygen atoms in total. The summed E-state index contributed by atoms with van der Waals surface area (Å²) in [5, 5.41) is 4.11. The van der Waals surface area contributed by atoms with Crippen LogP contribution in [0.1, 0.15) is 30.5 Å². The Bertz CT molecular complexity index is 762. The molecule has 1 unspecified atom stereocenters. The van der Waals surface area contributed by atoms with E-state index in [0.29, 0.717) is 34.8 Å². The van der Waals surface area contributed by atoms with Crippen LogP contribution in [0.2, 0.25) is 10.0 Å². The Morgan fingerprint density at radius 2 is 1.88 bits per heavy atom. The Morgan fingerprint density at radius 1 is 1.16 bits per heavy atom. The second-order valence-electron chi connectivity index (χ2n) is 5.97. The van der Waals surface area contributed by atoms with Crippen LogP contribution in [0.25, 0.3) is 0 Å². The van der Waals surface area contributed by atoms with Crippen LogP contribution in [0, 0.1) is 0 Å². The van der Waals surface area contributed by atoms with Gasteiger partial charge < -0.3 is 14.8 Å². The van der Waals surface area contributed by atoms with Gasteiger partial charge in [0, 0.05) is 11.4 Å². The highest BCUT2D eigenvalue weighted by atomic mass is 35.5. The van der Waals surface area contributed by atoms with Crippen molar-refractivity contribution in [1.29, 1.82) is 0 Å². The zero-order valence-electron chi connectivity index (χ0n) is 13.9. The average molecular weight is 380 g/mol. The second-order valence-corrected chi connectivity index (χ2v) is 6.82. The van der Waals surface area contributed by atoms with E-state index in [2.05, 4.69) is 5.32 Å². The number of halogens is 2. The number of nitrogens with one attached hydrogen (secondary N) is 1. The van der Waals surface area contributed by atoms with E-state index in [1.807, 2.05) is 37.3 Å². The molecule has 1 heterocycles. The highest BCUT2D eigenvalue weighted by molar-refractivity contribution is 6.32. The summed E-state index contributed by atoms with van der Waals surface area (Å²) < 4.78 is 11.3. The molecule has 25 heavy (non-hydrogen) atoms. The van der Waals surface area contributed by atoms with Gasteiger partial charge in [0.2, 0.25) is 5.91 Å². The fraction of sp³-hybridized carbons (Fsp3) is 0.316. The van der Waals surface area contributed by atoms with E-state index in [4.69, 9.17) is 32.7 Å². The van der Waals surface area contributed by atoms with Crippen LogP contribution in [-0.2, 0) is 11.2 Å². The van der Waals surface area contributed by atoms with E-state index in [1.165, 1.54) is 0 Å². The Labute approximate surface area is 157 Å². The quantitative estimate of drug-likeness (QED) is 0.845. The maximum absolute atomic E-state index is 12.4. The van der Waals surface area contributed by atoms with Crippen molar-refractivity contribution < 1.29 is 14.3 Å². The largest absolute Gasteiger partial charge is 0.489 e. The van der Waals surface area contributed by atoms with E-state index in [0.717, 1.165) is 17.5 Å². The molecule has 132 valence electrons. The topological polar surface area (TPSA) is 47.6 Å². The number of ether oxygens (including phenoxy) is 2. The summed E-state index contributed by atoms with van der Waals surface area (Å²) >= 11 is 12.2. The molecule has 1 N–H and O–H groups in total. The van der Waals surface area contributed by atoms with Crippen LogP contribution in [0.3, 0.4) is 0 Å². The Morgan fingerprint density at radius 3 is 2.64 bits per heavy atom. The third-order valence-electron chi connectivity index (χ3n) is 3.97. The average Bonchev–Trinajstić information content (AvgIpc) is 2.81. The number of carbonyl (C=O) groups is 1. The molecule has 1 aliphatic heterocycles. The molecule has 1 aliphatic rings. The predicted octanol–water partition coefficient (Wildman–Crippen LogP) is 4.57. The maximum Gasteiger partial charge on any atom is 0.224 e. The van der Waals surface area contributed by atoms with Gasteiger partial charge in [0.25, 0.3) is 0 Å². The Balaban J connectivity index is 1.67. The first-order chi connectivity index (χ1) is 12.0. The molecule has 2 aromatic carbocycles. The van der Waals surface area contributed by atoms with Gasteiger partial charge >= 0.3 is 0 Å². The summed E-state index contributed by atoms with van der Waals surface area (Å²) in [6, 6.07) is 10.9. The van der Waals surface area contributed by atoms with Gasteiger partial charge in [-0.25, -0.2) is 0 Å². The van der Waals surface area contributed by atoms with Gasteiger partial charge in [-0.3, -0.25) is 4.79 Å². The number of amides is 1. The van der Waals surface area contributed by atoms with E-state index < -0.39 is 0 Å². The van der Waals surface area contributed by atoms with E-state index in [9.17, 15) is 4.79 Å². The zero-order valence-corrected chi connectivity index (χ0v) is 15.4. The van der Waals surface area contributed by atoms with Crippen molar-refractivity contribution in [2.24, 2.45) is 0 Å². The molecule has 0 radical (unpaired) electrons. The molecular formula is C19H19Cl2NO3. The SMILES string of the molecule is CC(NC(=O)Cc1cc(Cl)c2c(c1)OCCCO2)c1ccc(Cl)cc1. The molecule has 1 amide bonds. The Hall–Kier alpha value is -1.91. The predicted molar refractivity (Wildman–Crippen MR) is 98.8 cm³/mol. The van der Waals surface area contributed by atoms with Crippen LogP contribution in [0.15, 0.2) is 36.4 Å². The molecule has 0 fully saturated rings. The lowest BCUT2D eigenvalue weighted by Crippen LogP contribution is -2.28. The third kappa shape index (κ3) is 4.59. The second kappa shape index (κ2) is 7.98. The van der Waals surface area contributed by atoms with E-state index in [1.54, 1.807) is 6.07 Å². The van der Waals surface area contributed by atoms with Gasteiger partial charge in [-0.2, -0.15) is 0 Å². The first kappa shape index (κ1) is 17.9. The number of hydrogen-bond acceptors (Lipinski definition) is 3. The minimum absolute atomic E-state index is 0.0898. The number of rotatable bonds is 4. The van der Waals surface area contributed by atoms with Gasteiger partial charge in [-0.05, 0) is 42.3 Å². The fourth-order valence-electron chi connectivity index (χ4n) is 2.70. The first-order valence-corrected chi connectivity index (χ1v) is 8.91. The highest BCUT2D eigenvalue weighted by Gasteiger charge is 2.17. The normalized spacial score (nSPS) is 14.5. The number of hydrogen-bond donors (Lipinski definition) is 1. The third-order valence-corrected chi connectivity index (χ3v) is 4.51. The van der Waals surface area contributed by atoms with E-state index >= 15 is 0 Å². The van der Waals surface area contributed by atoms with Crippen molar-refractivity contribution in [3.8, 4) is 11.5 Å². The molecule has 0 saturated carbocycles. The van der Waals surface area contributed by atoms with Crippen molar-refractivity contribution >= 4 is 29.1 Å². The van der Waals surface area contributed by atoms with Crippen LogP contribution in [0.4, 0.5) is 0 Å². The van der Waals surface area contributed by atoms with Crippen molar-refractivity contribution in [1.82, 2.24) is 5.32 Å². The van der Waals surface area contributed by atoms with Crippen LogP contribution < -0.4 is 14.8 Å². The molecule has 3 rings (SSSR count). The molecule has 2 aromatic rings. The van der Waals surface area contributed by atoms with Crippen LogP contribution in [-0.4, -0.2) is 19.1 Å². The monoisotopic (exact) mass is 379 g/mol. The zero-order chi connectivity index (χ0) is 17.8. The maximum atomic E-state index is 12.4. The first-order valence-electron chi connectivity index (χ1n) is 8.16. The summed E-state index contributed by atoms with van der Waals surface area (Å²) in [4.78, 5) is 12.4. The molecule has 6 heteroatoms. The molecular weight excluding hydrogens is 361 g/mol. The van der Waals surface area contributed by atoms with Crippen molar-refractivity contribution in [2.45, 2.75) is 25.8 Å². The van der Waals surface area contributed by atoms with Gasteiger partial charge in [0.05, 0.1) is 30.7 Å². The lowest BCUT2D eigenvalue weighted by Gasteiger charge is -2.15. The van der Waals surface area contributed by atoms with Gasteiger partial charge in [0.15, 0.2) is 11.5 Å². The molecule has 0 aliphatic carbocycles. The van der Waals surface area contributed by atoms with Crippen molar-refractivity contribution in [2.75, 3.05) is 13.2 Å². The van der Waals surface area contributed by atoms with Gasteiger partial charge in [0.1, 0.15) is 0 Å². The lowest BCUT2D eigenvalue weighted by molar-refractivity contribution is -0.121.